The van der Waals surface area contributed by atoms with Crippen molar-refractivity contribution in [1.82, 2.24) is 4.90 Å². The molecule has 0 unspecified atom stereocenters. The van der Waals surface area contributed by atoms with E-state index in [1.807, 2.05) is 13.8 Å². The van der Waals surface area contributed by atoms with Crippen molar-refractivity contribution in [2.24, 2.45) is 11.8 Å². The van der Waals surface area contributed by atoms with Crippen molar-refractivity contribution >= 4 is 5.69 Å². The first-order chi connectivity index (χ1) is 10.3. The number of benzene rings is 1. The van der Waals surface area contributed by atoms with Crippen LogP contribution in [0.15, 0.2) is 30.3 Å². The van der Waals surface area contributed by atoms with Crippen LogP contribution in [-0.2, 0) is 0 Å². The summed E-state index contributed by atoms with van der Waals surface area (Å²) in [4.78, 5) is 5.21. The normalized spacial score (nSPS) is 20.6. The molecule has 0 aromatic heterocycles. The summed E-state index contributed by atoms with van der Waals surface area (Å²) < 4.78 is 0. The molecular weight excluding hydrogens is 256 g/mol. The number of para-hydroxylation sites is 1. The fourth-order valence-electron chi connectivity index (χ4n) is 3.46. The van der Waals surface area contributed by atoms with Gasteiger partial charge in [0.1, 0.15) is 0 Å². The average molecular weight is 288 g/mol. The van der Waals surface area contributed by atoms with Crippen LogP contribution in [-0.4, -0.2) is 37.6 Å². The molecule has 118 valence electrons. The lowest BCUT2D eigenvalue weighted by Crippen LogP contribution is -2.49. The molecule has 0 bridgehead atoms. The Balaban J connectivity index is 0.000000774. The molecule has 0 spiro atoms. The molecule has 1 aromatic rings. The van der Waals surface area contributed by atoms with E-state index in [0.29, 0.717) is 0 Å². The fraction of sp³-hybridized carbons (Fsp3) is 0.684. The van der Waals surface area contributed by atoms with Crippen molar-refractivity contribution in [3.8, 4) is 0 Å². The fourth-order valence-corrected chi connectivity index (χ4v) is 3.46. The first-order valence-electron chi connectivity index (χ1n) is 8.87. The maximum atomic E-state index is 2.66. The van der Waals surface area contributed by atoms with E-state index in [1.54, 1.807) is 0 Å². The SMILES string of the molecule is CC.CCC1CN(CC2CCN(c3ccccc3)CC2)C1. The van der Waals surface area contributed by atoms with Gasteiger partial charge in [-0.05, 0) is 36.8 Å². The second-order valence-electron chi connectivity index (χ2n) is 6.26. The second-order valence-corrected chi connectivity index (χ2v) is 6.26. The molecule has 2 aliphatic rings. The number of piperidine rings is 1. The summed E-state index contributed by atoms with van der Waals surface area (Å²) in [5.41, 5.74) is 1.40. The van der Waals surface area contributed by atoms with Crippen LogP contribution in [0.5, 0.6) is 0 Å². The summed E-state index contributed by atoms with van der Waals surface area (Å²) in [5.74, 6) is 1.92. The monoisotopic (exact) mass is 288 g/mol. The smallest absolute Gasteiger partial charge is 0.0366 e. The first-order valence-corrected chi connectivity index (χ1v) is 8.87. The van der Waals surface area contributed by atoms with Gasteiger partial charge in [-0.15, -0.1) is 0 Å². The van der Waals surface area contributed by atoms with Crippen LogP contribution in [0.3, 0.4) is 0 Å². The zero-order valence-electron chi connectivity index (χ0n) is 14.1. The Morgan fingerprint density at radius 1 is 0.952 bits per heavy atom. The average Bonchev–Trinajstić information content (AvgIpc) is 2.54. The van der Waals surface area contributed by atoms with Crippen molar-refractivity contribution in [1.29, 1.82) is 0 Å². The molecule has 0 N–H and O–H groups in total. The van der Waals surface area contributed by atoms with Gasteiger partial charge in [0.25, 0.3) is 0 Å². The minimum absolute atomic E-state index is 0.928. The topological polar surface area (TPSA) is 6.48 Å². The van der Waals surface area contributed by atoms with Gasteiger partial charge in [-0.3, -0.25) is 0 Å². The molecule has 3 rings (SSSR count). The predicted molar refractivity (Wildman–Crippen MR) is 92.9 cm³/mol. The van der Waals surface area contributed by atoms with Gasteiger partial charge < -0.3 is 9.80 Å². The van der Waals surface area contributed by atoms with Crippen molar-refractivity contribution in [2.45, 2.75) is 40.0 Å². The Labute approximate surface area is 131 Å². The molecule has 1 aromatic carbocycles. The third-order valence-electron chi connectivity index (χ3n) is 4.86. The Hall–Kier alpha value is -1.02. The maximum Gasteiger partial charge on any atom is 0.0366 e. The summed E-state index contributed by atoms with van der Waals surface area (Å²) in [5, 5.41) is 0. The molecule has 2 fully saturated rings. The summed E-state index contributed by atoms with van der Waals surface area (Å²) >= 11 is 0. The lowest BCUT2D eigenvalue weighted by molar-refractivity contribution is 0.0740. The number of nitrogens with zero attached hydrogens (tertiary/aromatic N) is 2. The summed E-state index contributed by atoms with van der Waals surface area (Å²) in [6.45, 7) is 12.9. The van der Waals surface area contributed by atoms with Crippen LogP contribution < -0.4 is 4.90 Å². The van der Waals surface area contributed by atoms with Gasteiger partial charge in [0.15, 0.2) is 0 Å². The highest BCUT2D eigenvalue weighted by Crippen LogP contribution is 2.26. The molecule has 2 heterocycles. The van der Waals surface area contributed by atoms with E-state index in [0.717, 1.165) is 11.8 Å². The van der Waals surface area contributed by atoms with Gasteiger partial charge in [0.2, 0.25) is 0 Å². The molecule has 0 saturated carbocycles. The van der Waals surface area contributed by atoms with Crippen LogP contribution in [0.2, 0.25) is 0 Å². The Kier molecular flexibility index (Phi) is 6.56. The van der Waals surface area contributed by atoms with Gasteiger partial charge in [-0.25, -0.2) is 0 Å². The predicted octanol–water partition coefficient (Wildman–Crippen LogP) is 4.27. The molecule has 21 heavy (non-hydrogen) atoms. The number of hydrogen-bond donors (Lipinski definition) is 0. The number of likely N-dealkylation sites (tertiary alicyclic amines) is 1. The van der Waals surface area contributed by atoms with Crippen LogP contribution >= 0.6 is 0 Å². The van der Waals surface area contributed by atoms with Crippen molar-refractivity contribution < 1.29 is 0 Å². The van der Waals surface area contributed by atoms with Crippen LogP contribution in [0.1, 0.15) is 40.0 Å². The third-order valence-corrected chi connectivity index (χ3v) is 4.86. The van der Waals surface area contributed by atoms with E-state index in [1.165, 1.54) is 57.7 Å². The van der Waals surface area contributed by atoms with E-state index in [9.17, 15) is 0 Å². The standard InChI is InChI=1S/C17H26N2.C2H6/c1-2-15-12-18(13-15)14-16-8-10-19(11-9-16)17-6-4-3-5-7-17;1-2/h3-7,15-16H,2,8-14H2,1H3;1-2H3. The van der Waals surface area contributed by atoms with E-state index in [4.69, 9.17) is 0 Å². The zero-order chi connectivity index (χ0) is 15.1. The van der Waals surface area contributed by atoms with Crippen LogP contribution in [0.4, 0.5) is 5.69 Å². The van der Waals surface area contributed by atoms with Crippen LogP contribution in [0, 0.1) is 11.8 Å². The molecule has 2 saturated heterocycles. The van der Waals surface area contributed by atoms with Gasteiger partial charge in [0.05, 0.1) is 0 Å². The number of hydrogen-bond acceptors (Lipinski definition) is 2. The third kappa shape index (κ3) is 4.47. The highest BCUT2D eigenvalue weighted by Gasteiger charge is 2.28. The molecule has 0 radical (unpaired) electrons. The first kappa shape index (κ1) is 16.4. The van der Waals surface area contributed by atoms with E-state index >= 15 is 0 Å². The largest absolute Gasteiger partial charge is 0.372 e. The number of rotatable bonds is 4. The molecular formula is C19H32N2. The van der Waals surface area contributed by atoms with Crippen LogP contribution in [0.25, 0.3) is 0 Å². The Bertz CT molecular complexity index is 376. The van der Waals surface area contributed by atoms with Crippen molar-refractivity contribution in [3.63, 3.8) is 0 Å². The van der Waals surface area contributed by atoms with E-state index in [-0.39, 0.29) is 0 Å². The number of anilines is 1. The van der Waals surface area contributed by atoms with Crippen molar-refractivity contribution in [2.75, 3.05) is 37.6 Å². The lowest BCUT2D eigenvalue weighted by atomic mass is 9.91. The van der Waals surface area contributed by atoms with Gasteiger partial charge in [-0.2, -0.15) is 0 Å². The minimum atomic E-state index is 0.928. The molecule has 2 nitrogen and oxygen atoms in total. The second kappa shape index (κ2) is 8.43. The molecule has 0 atom stereocenters. The molecule has 2 heteroatoms. The van der Waals surface area contributed by atoms with Gasteiger partial charge in [0, 0.05) is 38.4 Å². The summed E-state index contributed by atoms with van der Waals surface area (Å²) in [7, 11) is 0. The quantitative estimate of drug-likeness (QED) is 0.816. The molecule has 0 amide bonds. The maximum absolute atomic E-state index is 2.66. The Morgan fingerprint density at radius 3 is 2.14 bits per heavy atom. The van der Waals surface area contributed by atoms with Gasteiger partial charge >= 0.3 is 0 Å². The van der Waals surface area contributed by atoms with E-state index < -0.39 is 0 Å². The molecule has 2 aliphatic heterocycles. The lowest BCUT2D eigenvalue weighted by Gasteiger charge is -2.43. The highest BCUT2D eigenvalue weighted by molar-refractivity contribution is 5.46. The Morgan fingerprint density at radius 2 is 1.57 bits per heavy atom. The summed E-state index contributed by atoms with van der Waals surface area (Å²) in [6.07, 6.45) is 4.09. The molecule has 0 aliphatic carbocycles. The summed E-state index contributed by atoms with van der Waals surface area (Å²) in [6, 6.07) is 10.9. The van der Waals surface area contributed by atoms with Crippen molar-refractivity contribution in [3.05, 3.63) is 30.3 Å². The van der Waals surface area contributed by atoms with E-state index in [2.05, 4.69) is 47.1 Å². The highest BCUT2D eigenvalue weighted by atomic mass is 15.2. The zero-order valence-corrected chi connectivity index (χ0v) is 14.1. The minimum Gasteiger partial charge on any atom is -0.372 e. The van der Waals surface area contributed by atoms with Gasteiger partial charge in [-0.1, -0.05) is 45.4 Å².